The highest BCUT2D eigenvalue weighted by Crippen LogP contribution is 2.26. The Hall–Kier alpha value is -3.35. The quantitative estimate of drug-likeness (QED) is 0.606. The molecule has 3 rings (SSSR count). The number of urea groups is 1. The summed E-state index contributed by atoms with van der Waals surface area (Å²) >= 11 is 0. The second-order valence-electron chi connectivity index (χ2n) is 7.14. The number of rotatable bonds is 3. The third-order valence-electron chi connectivity index (χ3n) is 5.04. The average molecular weight is 380 g/mol. The lowest BCUT2D eigenvalue weighted by molar-refractivity contribution is -0.134. The summed E-state index contributed by atoms with van der Waals surface area (Å²) in [6.45, 7) is 3.91. The van der Waals surface area contributed by atoms with Crippen LogP contribution in [-0.2, 0) is 9.59 Å². The number of barbiturate groups is 1. The Balaban J connectivity index is 2.04. The van der Waals surface area contributed by atoms with E-state index in [4.69, 9.17) is 0 Å². The van der Waals surface area contributed by atoms with Crippen LogP contribution in [0.4, 0.5) is 10.5 Å². The molecule has 2 aromatic rings. The summed E-state index contributed by atoms with van der Waals surface area (Å²) in [5, 5.41) is 0. The van der Waals surface area contributed by atoms with Crippen molar-refractivity contribution in [3.63, 3.8) is 0 Å². The molecule has 1 aromatic carbocycles. The second kappa shape index (κ2) is 6.99. The molecule has 28 heavy (non-hydrogen) atoms. The van der Waals surface area contributed by atoms with E-state index in [-0.39, 0.29) is 5.57 Å². The van der Waals surface area contributed by atoms with E-state index in [2.05, 4.69) is 4.57 Å². The summed E-state index contributed by atoms with van der Waals surface area (Å²) in [5.74, 6) is -1.18. The summed E-state index contributed by atoms with van der Waals surface area (Å²) in [6, 6.07) is 9.44. The highest BCUT2D eigenvalue weighted by atomic mass is 16.2. The van der Waals surface area contributed by atoms with Gasteiger partial charge in [0.1, 0.15) is 5.57 Å². The van der Waals surface area contributed by atoms with Gasteiger partial charge in [0.05, 0.1) is 0 Å². The molecule has 1 fully saturated rings. The second-order valence-corrected chi connectivity index (χ2v) is 7.14. The van der Waals surface area contributed by atoms with Crippen molar-refractivity contribution in [2.75, 3.05) is 33.1 Å². The molecule has 1 aliphatic rings. The van der Waals surface area contributed by atoms with Gasteiger partial charge in [-0.05, 0) is 55.8 Å². The number of aryl methyl sites for hydroxylation is 1. The van der Waals surface area contributed by atoms with Crippen molar-refractivity contribution in [3.05, 3.63) is 52.9 Å². The molecule has 0 spiro atoms. The lowest BCUT2D eigenvalue weighted by Gasteiger charge is -2.28. The van der Waals surface area contributed by atoms with E-state index in [0.717, 1.165) is 38.1 Å². The van der Waals surface area contributed by atoms with E-state index >= 15 is 0 Å². The van der Waals surface area contributed by atoms with Gasteiger partial charge in [0.2, 0.25) is 0 Å². The van der Waals surface area contributed by atoms with Crippen molar-refractivity contribution in [2.24, 2.45) is 0 Å². The summed E-state index contributed by atoms with van der Waals surface area (Å²) in [4.78, 5) is 40.7. The standard InChI is InChI=1S/C21H24N4O3/c1-13-11-15(12-18-19(26)23(5)21(28)24(6)20(18)27)14(2)25(13)17-9-7-16(8-10-17)22(3)4/h7-12H,1-6H3. The highest BCUT2D eigenvalue weighted by molar-refractivity contribution is 6.30. The van der Waals surface area contributed by atoms with E-state index in [1.54, 1.807) is 6.08 Å². The van der Waals surface area contributed by atoms with Crippen molar-refractivity contribution in [2.45, 2.75) is 13.8 Å². The number of nitrogens with zero attached hydrogens (tertiary/aromatic N) is 4. The Labute approximate surface area is 164 Å². The molecule has 0 bridgehead atoms. The lowest BCUT2D eigenvalue weighted by Crippen LogP contribution is -2.52. The zero-order valence-electron chi connectivity index (χ0n) is 17.0. The number of carbonyl (C=O) groups is 3. The van der Waals surface area contributed by atoms with E-state index < -0.39 is 17.8 Å². The number of carbonyl (C=O) groups excluding carboxylic acids is 3. The Morgan fingerprint density at radius 2 is 1.43 bits per heavy atom. The van der Waals surface area contributed by atoms with Crippen LogP contribution < -0.4 is 4.90 Å². The fourth-order valence-corrected chi connectivity index (χ4v) is 3.36. The predicted molar refractivity (Wildman–Crippen MR) is 108 cm³/mol. The summed E-state index contributed by atoms with van der Waals surface area (Å²) in [6.07, 6.45) is 1.57. The molecular formula is C21H24N4O3. The van der Waals surface area contributed by atoms with Gasteiger partial charge in [-0.1, -0.05) is 0 Å². The maximum Gasteiger partial charge on any atom is 0.333 e. The van der Waals surface area contributed by atoms with Gasteiger partial charge in [0.15, 0.2) is 0 Å². The fourth-order valence-electron chi connectivity index (χ4n) is 3.36. The number of benzene rings is 1. The number of likely N-dealkylation sites (N-methyl/N-ethyl adjacent to an activating group) is 2. The molecule has 1 saturated heterocycles. The SMILES string of the molecule is Cc1cc(C=C2C(=O)N(C)C(=O)N(C)C2=O)c(C)n1-c1ccc(N(C)C)cc1. The molecule has 0 radical (unpaired) electrons. The van der Waals surface area contributed by atoms with E-state index in [9.17, 15) is 14.4 Å². The molecule has 0 unspecified atom stereocenters. The van der Waals surface area contributed by atoms with Gasteiger partial charge < -0.3 is 9.47 Å². The molecule has 7 nitrogen and oxygen atoms in total. The summed E-state index contributed by atoms with van der Waals surface area (Å²) < 4.78 is 2.07. The van der Waals surface area contributed by atoms with Gasteiger partial charge in [0.25, 0.3) is 11.8 Å². The summed E-state index contributed by atoms with van der Waals surface area (Å²) in [5.41, 5.74) is 4.73. The molecule has 0 saturated carbocycles. The van der Waals surface area contributed by atoms with Crippen LogP contribution in [0.1, 0.15) is 17.0 Å². The van der Waals surface area contributed by atoms with E-state index in [1.807, 2.05) is 63.2 Å². The van der Waals surface area contributed by atoms with Crippen molar-refractivity contribution < 1.29 is 14.4 Å². The Bertz CT molecular complexity index is 973. The van der Waals surface area contributed by atoms with Crippen LogP contribution in [0.25, 0.3) is 11.8 Å². The van der Waals surface area contributed by atoms with Gasteiger partial charge in [-0.2, -0.15) is 0 Å². The van der Waals surface area contributed by atoms with Crippen molar-refractivity contribution in [3.8, 4) is 5.69 Å². The number of imide groups is 2. The number of hydrogen-bond acceptors (Lipinski definition) is 4. The van der Waals surface area contributed by atoms with Crippen LogP contribution in [0.2, 0.25) is 0 Å². The topological polar surface area (TPSA) is 65.9 Å². The van der Waals surface area contributed by atoms with Gasteiger partial charge in [-0.25, -0.2) is 4.79 Å². The minimum atomic E-state index is -0.626. The lowest BCUT2D eigenvalue weighted by atomic mass is 10.1. The van der Waals surface area contributed by atoms with Crippen LogP contribution in [-0.4, -0.2) is 60.4 Å². The average Bonchev–Trinajstić information content (AvgIpc) is 2.95. The third-order valence-corrected chi connectivity index (χ3v) is 5.04. The molecule has 0 N–H and O–H groups in total. The van der Waals surface area contributed by atoms with Gasteiger partial charge >= 0.3 is 6.03 Å². The van der Waals surface area contributed by atoms with Gasteiger partial charge in [-0.15, -0.1) is 0 Å². The maximum atomic E-state index is 12.4. The molecule has 7 heteroatoms. The Morgan fingerprint density at radius 1 is 0.893 bits per heavy atom. The van der Waals surface area contributed by atoms with Crippen molar-refractivity contribution in [1.82, 2.24) is 14.4 Å². The predicted octanol–water partition coefficient (Wildman–Crippen LogP) is 2.59. The van der Waals surface area contributed by atoms with Gasteiger partial charge in [0, 0.05) is 51.0 Å². The van der Waals surface area contributed by atoms with E-state index in [1.165, 1.54) is 14.1 Å². The first-order chi connectivity index (χ1) is 13.1. The van der Waals surface area contributed by atoms with Crippen LogP contribution >= 0.6 is 0 Å². The molecule has 146 valence electrons. The van der Waals surface area contributed by atoms with Gasteiger partial charge in [-0.3, -0.25) is 19.4 Å². The van der Waals surface area contributed by atoms with Crippen molar-refractivity contribution in [1.29, 1.82) is 0 Å². The molecule has 2 heterocycles. The number of anilines is 1. The number of amides is 4. The smallest absolute Gasteiger partial charge is 0.333 e. The van der Waals surface area contributed by atoms with Crippen LogP contribution in [0, 0.1) is 13.8 Å². The Morgan fingerprint density at radius 3 is 1.93 bits per heavy atom. The molecule has 0 aliphatic carbocycles. The Kier molecular flexibility index (Phi) is 4.85. The highest BCUT2D eigenvalue weighted by Gasteiger charge is 2.37. The van der Waals surface area contributed by atoms with Crippen molar-refractivity contribution >= 4 is 29.6 Å². The first-order valence-corrected chi connectivity index (χ1v) is 8.92. The van der Waals surface area contributed by atoms with E-state index in [0.29, 0.717) is 0 Å². The fraction of sp³-hybridized carbons (Fsp3) is 0.286. The van der Waals surface area contributed by atoms with Crippen LogP contribution in [0.5, 0.6) is 0 Å². The molecular weight excluding hydrogens is 356 g/mol. The van der Waals surface area contributed by atoms with Crippen LogP contribution in [0.3, 0.4) is 0 Å². The van der Waals surface area contributed by atoms with Crippen LogP contribution in [0.15, 0.2) is 35.9 Å². The first-order valence-electron chi connectivity index (χ1n) is 8.92. The minimum absolute atomic E-state index is 0.0206. The third kappa shape index (κ3) is 3.09. The molecule has 1 aliphatic heterocycles. The number of aromatic nitrogens is 1. The maximum absolute atomic E-state index is 12.4. The normalized spacial score (nSPS) is 14.8. The molecule has 4 amide bonds. The molecule has 1 aromatic heterocycles. The number of hydrogen-bond donors (Lipinski definition) is 0. The zero-order chi connectivity index (χ0) is 20.7. The minimum Gasteiger partial charge on any atom is -0.378 e. The summed E-state index contributed by atoms with van der Waals surface area (Å²) in [7, 11) is 6.72. The largest absolute Gasteiger partial charge is 0.378 e. The molecule has 0 atom stereocenters. The first kappa shape index (κ1) is 19.4. The monoisotopic (exact) mass is 380 g/mol. The zero-order valence-corrected chi connectivity index (χ0v) is 17.0.